The van der Waals surface area contributed by atoms with Gasteiger partial charge in [0.1, 0.15) is 19.0 Å². The van der Waals surface area contributed by atoms with Crippen molar-refractivity contribution in [2.75, 3.05) is 52.9 Å². The van der Waals surface area contributed by atoms with Crippen LogP contribution in [0, 0.1) is 5.92 Å². The molecule has 3 atom stereocenters. The second kappa shape index (κ2) is 12.6. The number of ether oxygens (including phenoxy) is 3. The zero-order valence-electron chi connectivity index (χ0n) is 21.2. The van der Waals surface area contributed by atoms with Crippen molar-refractivity contribution in [1.29, 1.82) is 0 Å². The van der Waals surface area contributed by atoms with Crippen LogP contribution in [0.3, 0.4) is 0 Å². The lowest BCUT2D eigenvalue weighted by atomic mass is 10.0. The summed E-state index contributed by atoms with van der Waals surface area (Å²) in [6.07, 6.45) is -0.288. The van der Waals surface area contributed by atoms with Gasteiger partial charge in [0.2, 0.25) is 5.91 Å². The Bertz CT molecular complexity index is 862. The van der Waals surface area contributed by atoms with Crippen molar-refractivity contribution in [3.63, 3.8) is 0 Å². The van der Waals surface area contributed by atoms with E-state index >= 15 is 0 Å². The van der Waals surface area contributed by atoms with E-state index in [-0.39, 0.29) is 55.2 Å². The number of nitrogens with one attached hydrogen (secondary N) is 2. The molecule has 2 rings (SSSR count). The van der Waals surface area contributed by atoms with Crippen molar-refractivity contribution >= 4 is 23.5 Å². The van der Waals surface area contributed by atoms with Crippen LogP contribution in [0.1, 0.15) is 38.1 Å². The van der Waals surface area contributed by atoms with Crippen LogP contribution in [-0.4, -0.2) is 93.4 Å². The van der Waals surface area contributed by atoms with Gasteiger partial charge in [0.25, 0.3) is 5.91 Å². The lowest BCUT2D eigenvalue weighted by molar-refractivity contribution is -0.119. The Labute approximate surface area is 201 Å². The first-order valence-electron chi connectivity index (χ1n) is 11.5. The lowest BCUT2D eigenvalue weighted by Crippen LogP contribution is -2.52. The molecule has 0 radical (unpaired) electrons. The van der Waals surface area contributed by atoms with E-state index in [0.717, 1.165) is 0 Å². The molecule has 190 valence electrons. The Morgan fingerprint density at radius 2 is 1.91 bits per heavy atom. The van der Waals surface area contributed by atoms with Gasteiger partial charge in [-0.2, -0.15) is 0 Å². The van der Waals surface area contributed by atoms with Crippen LogP contribution in [0.5, 0.6) is 5.75 Å². The van der Waals surface area contributed by atoms with Crippen LogP contribution in [0.25, 0.3) is 0 Å². The molecule has 1 aromatic rings. The highest BCUT2D eigenvalue weighted by atomic mass is 16.5. The third-order valence-corrected chi connectivity index (χ3v) is 5.68. The molecule has 1 aliphatic rings. The van der Waals surface area contributed by atoms with Gasteiger partial charge in [-0.15, -0.1) is 0 Å². The van der Waals surface area contributed by atoms with Crippen molar-refractivity contribution in [2.45, 2.75) is 45.9 Å². The molecule has 4 amide bonds. The highest BCUT2D eigenvalue weighted by Crippen LogP contribution is 2.26. The fourth-order valence-electron chi connectivity index (χ4n) is 3.80. The predicted octanol–water partition coefficient (Wildman–Crippen LogP) is 2.20. The molecule has 1 aliphatic heterocycles. The molecule has 1 aromatic carbocycles. The Morgan fingerprint density at radius 1 is 1.21 bits per heavy atom. The first kappa shape index (κ1) is 27.4. The molecular weight excluding hydrogens is 440 g/mol. The molecule has 0 unspecified atom stereocenters. The minimum Gasteiger partial charge on any atom is -0.491 e. The van der Waals surface area contributed by atoms with E-state index in [1.54, 1.807) is 42.2 Å². The molecule has 0 spiro atoms. The summed E-state index contributed by atoms with van der Waals surface area (Å²) < 4.78 is 16.6. The van der Waals surface area contributed by atoms with Gasteiger partial charge >= 0.3 is 6.03 Å². The second-order valence-corrected chi connectivity index (χ2v) is 9.05. The summed E-state index contributed by atoms with van der Waals surface area (Å²) in [6, 6.07) is 4.46. The molecule has 0 aliphatic carbocycles. The summed E-state index contributed by atoms with van der Waals surface area (Å²) in [4.78, 5) is 41.5. The van der Waals surface area contributed by atoms with E-state index in [2.05, 4.69) is 10.6 Å². The summed E-state index contributed by atoms with van der Waals surface area (Å²) >= 11 is 0. The Hall–Kier alpha value is -2.85. The Balaban J connectivity index is 2.42. The number of carbonyl (C=O) groups is 3. The van der Waals surface area contributed by atoms with Crippen LogP contribution in [0.15, 0.2) is 18.2 Å². The average molecular weight is 479 g/mol. The van der Waals surface area contributed by atoms with Crippen LogP contribution >= 0.6 is 0 Å². The molecule has 0 aromatic heterocycles. The van der Waals surface area contributed by atoms with Crippen LogP contribution in [0.4, 0.5) is 10.5 Å². The minimum absolute atomic E-state index is 0.00764. The summed E-state index contributed by atoms with van der Waals surface area (Å²) in [7, 11) is 4.73. The molecular formula is C24H38N4O6. The van der Waals surface area contributed by atoms with Gasteiger partial charge in [0, 0.05) is 52.0 Å². The molecule has 1 heterocycles. The fourth-order valence-corrected chi connectivity index (χ4v) is 3.80. The molecule has 0 saturated carbocycles. The Kier molecular flexibility index (Phi) is 10.1. The van der Waals surface area contributed by atoms with Gasteiger partial charge in [-0.1, -0.05) is 6.92 Å². The molecule has 0 bridgehead atoms. The summed E-state index contributed by atoms with van der Waals surface area (Å²) in [6.45, 7) is 8.60. The third kappa shape index (κ3) is 7.33. The van der Waals surface area contributed by atoms with E-state index in [4.69, 9.17) is 14.2 Å². The molecule has 2 N–H and O–H groups in total. The fraction of sp³-hybridized carbons (Fsp3) is 0.625. The number of methoxy groups -OCH3 is 2. The van der Waals surface area contributed by atoms with Crippen molar-refractivity contribution < 1.29 is 28.6 Å². The maximum absolute atomic E-state index is 13.3. The molecule has 0 saturated heterocycles. The second-order valence-electron chi connectivity index (χ2n) is 9.05. The number of anilines is 1. The van der Waals surface area contributed by atoms with E-state index < -0.39 is 0 Å². The van der Waals surface area contributed by atoms with Crippen molar-refractivity contribution in [1.82, 2.24) is 15.1 Å². The summed E-state index contributed by atoms with van der Waals surface area (Å²) in [5, 5.41) is 5.67. The smallest absolute Gasteiger partial charge is 0.317 e. The normalized spacial score (nSPS) is 21.8. The van der Waals surface area contributed by atoms with Crippen LogP contribution in [-0.2, 0) is 14.3 Å². The highest BCUT2D eigenvalue weighted by Gasteiger charge is 2.30. The number of amides is 4. The monoisotopic (exact) mass is 478 g/mol. The first-order valence-corrected chi connectivity index (χ1v) is 11.5. The molecule has 0 fully saturated rings. The van der Waals surface area contributed by atoms with Gasteiger partial charge in [-0.3, -0.25) is 9.59 Å². The number of likely N-dealkylation sites (N-methyl/N-ethyl adjacent to an activating group) is 1. The SMILES string of the molecule is COCC(=O)Nc1ccc2c(c1)C(=O)N(C)C[C@H](OC)[C@@H](C)CN(C(=O)NC(C)C)[C@@H](C)CO2. The van der Waals surface area contributed by atoms with Gasteiger partial charge in [0.15, 0.2) is 0 Å². The van der Waals surface area contributed by atoms with Crippen molar-refractivity contribution in [3.05, 3.63) is 23.8 Å². The standard InChI is InChI=1S/C24H38N4O6/c1-15(2)25-24(31)28-11-16(3)21(33-7)12-27(5)23(30)19-10-18(26-22(29)14-32-6)8-9-20(19)34-13-17(28)4/h8-10,15-17,21H,11-14H2,1-7H3,(H,25,31)(H,26,29)/t16-,17-,21-/m0/s1. The molecule has 10 nitrogen and oxygen atoms in total. The van der Waals surface area contributed by atoms with Crippen molar-refractivity contribution in [3.8, 4) is 5.75 Å². The van der Waals surface area contributed by atoms with Gasteiger partial charge in [0.05, 0.1) is 17.7 Å². The first-order chi connectivity index (χ1) is 16.1. The number of hydrogen-bond donors (Lipinski definition) is 2. The number of benzene rings is 1. The third-order valence-electron chi connectivity index (χ3n) is 5.68. The minimum atomic E-state index is -0.328. The van der Waals surface area contributed by atoms with E-state index in [1.165, 1.54) is 7.11 Å². The zero-order chi connectivity index (χ0) is 25.4. The topological polar surface area (TPSA) is 109 Å². The summed E-state index contributed by atoms with van der Waals surface area (Å²) in [5.41, 5.74) is 0.770. The maximum Gasteiger partial charge on any atom is 0.317 e. The van der Waals surface area contributed by atoms with Crippen molar-refractivity contribution in [2.24, 2.45) is 5.92 Å². The molecule has 34 heavy (non-hydrogen) atoms. The van der Waals surface area contributed by atoms with Crippen LogP contribution < -0.4 is 15.4 Å². The van der Waals surface area contributed by atoms with E-state index in [0.29, 0.717) is 30.1 Å². The number of nitrogens with zero attached hydrogens (tertiary/aromatic N) is 2. The van der Waals surface area contributed by atoms with Gasteiger partial charge in [-0.05, 0) is 39.0 Å². The number of rotatable bonds is 5. The van der Waals surface area contributed by atoms with E-state index in [1.807, 2.05) is 27.7 Å². The predicted molar refractivity (Wildman–Crippen MR) is 129 cm³/mol. The zero-order valence-corrected chi connectivity index (χ0v) is 21.2. The Morgan fingerprint density at radius 3 is 2.53 bits per heavy atom. The number of carbonyl (C=O) groups excluding carboxylic acids is 3. The van der Waals surface area contributed by atoms with Gasteiger partial charge < -0.3 is 34.6 Å². The maximum atomic E-state index is 13.3. The quantitative estimate of drug-likeness (QED) is 0.672. The number of fused-ring (bicyclic) bond motifs is 1. The summed E-state index contributed by atoms with van der Waals surface area (Å²) in [5.74, 6) is -0.250. The van der Waals surface area contributed by atoms with E-state index in [9.17, 15) is 14.4 Å². The average Bonchev–Trinajstić information content (AvgIpc) is 2.77. The number of hydrogen-bond acceptors (Lipinski definition) is 6. The largest absolute Gasteiger partial charge is 0.491 e. The highest BCUT2D eigenvalue weighted by molar-refractivity contribution is 5.99. The lowest BCUT2D eigenvalue weighted by Gasteiger charge is -2.36. The molecule has 10 heteroatoms. The van der Waals surface area contributed by atoms with Gasteiger partial charge in [-0.25, -0.2) is 4.79 Å². The van der Waals surface area contributed by atoms with Crippen LogP contribution in [0.2, 0.25) is 0 Å². The number of urea groups is 1.